The Hall–Kier alpha value is -0.780. The van der Waals surface area contributed by atoms with Crippen molar-refractivity contribution in [3.05, 3.63) is 43.9 Å². The van der Waals surface area contributed by atoms with Crippen molar-refractivity contribution < 1.29 is 0 Å². The van der Waals surface area contributed by atoms with E-state index in [1.165, 1.54) is 96.3 Å². The lowest BCUT2D eigenvalue weighted by Crippen LogP contribution is -2.11. The van der Waals surface area contributed by atoms with Crippen LogP contribution in [0.15, 0.2) is 38.0 Å². The van der Waals surface area contributed by atoms with Crippen molar-refractivity contribution in [2.75, 3.05) is 0 Å². The molecule has 0 fully saturated rings. The first-order valence-corrected chi connectivity index (χ1v) is 12.0. The Morgan fingerprint density at radius 3 is 1.37 bits per heavy atom. The second-order valence-corrected chi connectivity index (χ2v) is 8.25. The van der Waals surface area contributed by atoms with E-state index in [4.69, 9.17) is 0 Å². The third kappa shape index (κ3) is 17.1. The minimum absolute atomic E-state index is 0.677. The minimum Gasteiger partial charge on any atom is -0.103 e. The molecule has 0 N–H and O–H groups in total. The molecule has 1 unspecified atom stereocenters. The van der Waals surface area contributed by atoms with Gasteiger partial charge < -0.3 is 0 Å². The summed E-state index contributed by atoms with van der Waals surface area (Å²) in [5, 5.41) is 0. The highest BCUT2D eigenvalue weighted by Gasteiger charge is 2.18. The van der Waals surface area contributed by atoms with Gasteiger partial charge in [0.2, 0.25) is 0 Å². The summed E-state index contributed by atoms with van der Waals surface area (Å²) in [6.07, 6.45) is 30.6. The second-order valence-electron chi connectivity index (χ2n) is 8.25. The van der Waals surface area contributed by atoms with E-state index in [1.807, 2.05) is 12.2 Å². The molecule has 0 nitrogen and oxygen atoms in total. The molecule has 0 aromatic carbocycles. The fourth-order valence-corrected chi connectivity index (χ4v) is 4.06. The van der Waals surface area contributed by atoms with Crippen molar-refractivity contribution in [3.8, 4) is 0 Å². The maximum Gasteiger partial charge on any atom is -0.0132 e. The first-order chi connectivity index (χ1) is 13.3. The normalized spacial score (nSPS) is 12.2. The molecule has 1 atom stereocenters. The standard InChI is InChI=1S/C27H49/c1-5-9-10-11-12-13-14-15-16-17-18-19-20-21-25-27(24-8-4)26(22-6-2)23-7-3/h6-8,27H,2-5,9-25H2,1H3. The fourth-order valence-electron chi connectivity index (χ4n) is 4.06. The Kier molecular flexibility index (Phi) is 20.9. The van der Waals surface area contributed by atoms with Gasteiger partial charge in [0.15, 0.2) is 0 Å². The van der Waals surface area contributed by atoms with Crippen molar-refractivity contribution in [2.45, 2.75) is 122 Å². The van der Waals surface area contributed by atoms with E-state index >= 15 is 0 Å². The van der Waals surface area contributed by atoms with Crippen LogP contribution in [0, 0.1) is 11.8 Å². The predicted octanol–water partition coefficient (Wildman–Crippen LogP) is 9.78. The van der Waals surface area contributed by atoms with Crippen LogP contribution in [-0.4, -0.2) is 0 Å². The van der Waals surface area contributed by atoms with Gasteiger partial charge in [0.05, 0.1) is 0 Å². The third-order valence-electron chi connectivity index (χ3n) is 5.75. The smallest absolute Gasteiger partial charge is 0.0132 e. The minimum atomic E-state index is 0.677. The molecule has 0 aromatic heterocycles. The van der Waals surface area contributed by atoms with E-state index in [9.17, 15) is 0 Å². The van der Waals surface area contributed by atoms with E-state index < -0.39 is 0 Å². The Morgan fingerprint density at radius 2 is 1.00 bits per heavy atom. The van der Waals surface area contributed by atoms with Gasteiger partial charge in [-0.25, -0.2) is 0 Å². The zero-order valence-electron chi connectivity index (χ0n) is 18.7. The van der Waals surface area contributed by atoms with Crippen LogP contribution in [0.25, 0.3) is 0 Å². The molecule has 0 heteroatoms. The molecule has 0 aromatic rings. The van der Waals surface area contributed by atoms with Gasteiger partial charge in [0.1, 0.15) is 0 Å². The molecule has 0 bridgehead atoms. The summed E-state index contributed by atoms with van der Waals surface area (Å²) in [5.41, 5.74) is 0. The van der Waals surface area contributed by atoms with Crippen LogP contribution >= 0.6 is 0 Å². The van der Waals surface area contributed by atoms with E-state index in [2.05, 4.69) is 32.7 Å². The molecule has 157 valence electrons. The van der Waals surface area contributed by atoms with Crippen LogP contribution in [0.3, 0.4) is 0 Å². The summed E-state index contributed by atoms with van der Waals surface area (Å²) in [6.45, 7) is 14.1. The number of hydrogen-bond donors (Lipinski definition) is 0. The summed E-state index contributed by atoms with van der Waals surface area (Å²) in [7, 11) is 0. The summed E-state index contributed by atoms with van der Waals surface area (Å²) in [5.74, 6) is 2.27. The van der Waals surface area contributed by atoms with E-state index in [-0.39, 0.29) is 0 Å². The first kappa shape index (κ1) is 26.2. The maximum absolute atomic E-state index is 3.96. The first-order valence-electron chi connectivity index (χ1n) is 12.0. The molecule has 0 aliphatic heterocycles. The molecule has 0 saturated carbocycles. The van der Waals surface area contributed by atoms with Gasteiger partial charge in [-0.1, -0.05) is 115 Å². The SMILES string of the molecule is C=CC[C](CC=C)C(CC=C)CCCCCCCCCCCCCCCC. The van der Waals surface area contributed by atoms with Gasteiger partial charge in [-0.05, 0) is 37.5 Å². The highest BCUT2D eigenvalue weighted by Crippen LogP contribution is 2.31. The zero-order valence-corrected chi connectivity index (χ0v) is 18.7. The largest absolute Gasteiger partial charge is 0.103 e. The molecule has 27 heavy (non-hydrogen) atoms. The molecule has 0 aliphatic rings. The van der Waals surface area contributed by atoms with Gasteiger partial charge in [-0.15, -0.1) is 19.7 Å². The molecule has 0 rings (SSSR count). The molecule has 0 saturated heterocycles. The molecule has 1 radical (unpaired) electrons. The molecule has 0 spiro atoms. The summed E-state index contributed by atoms with van der Waals surface area (Å²) < 4.78 is 0. The van der Waals surface area contributed by atoms with Crippen LogP contribution in [0.4, 0.5) is 0 Å². The molecular weight excluding hydrogens is 324 g/mol. The molecule has 0 heterocycles. The van der Waals surface area contributed by atoms with E-state index in [0.717, 1.165) is 19.3 Å². The Morgan fingerprint density at radius 1 is 0.593 bits per heavy atom. The van der Waals surface area contributed by atoms with Gasteiger partial charge in [-0.2, -0.15) is 0 Å². The number of unbranched alkanes of at least 4 members (excludes halogenated alkanes) is 13. The van der Waals surface area contributed by atoms with Crippen molar-refractivity contribution in [1.82, 2.24) is 0 Å². The maximum atomic E-state index is 3.96. The van der Waals surface area contributed by atoms with Crippen LogP contribution < -0.4 is 0 Å². The van der Waals surface area contributed by atoms with E-state index in [0.29, 0.717) is 5.92 Å². The number of rotatable bonds is 22. The van der Waals surface area contributed by atoms with Crippen molar-refractivity contribution in [1.29, 1.82) is 0 Å². The van der Waals surface area contributed by atoms with Gasteiger partial charge in [-0.3, -0.25) is 0 Å². The monoisotopic (exact) mass is 373 g/mol. The number of hydrogen-bond acceptors (Lipinski definition) is 0. The fraction of sp³-hybridized carbons (Fsp3) is 0.741. The topological polar surface area (TPSA) is 0 Å². The third-order valence-corrected chi connectivity index (χ3v) is 5.75. The van der Waals surface area contributed by atoms with Crippen molar-refractivity contribution >= 4 is 0 Å². The molecule has 0 amide bonds. The van der Waals surface area contributed by atoms with Gasteiger partial charge in [0, 0.05) is 0 Å². The molecular formula is C27H49. The highest BCUT2D eigenvalue weighted by molar-refractivity contribution is 5.06. The lowest BCUT2D eigenvalue weighted by Gasteiger charge is -2.24. The lowest BCUT2D eigenvalue weighted by molar-refractivity contribution is 0.448. The van der Waals surface area contributed by atoms with Crippen LogP contribution in [-0.2, 0) is 0 Å². The Balaban J connectivity index is 3.57. The van der Waals surface area contributed by atoms with E-state index in [1.54, 1.807) is 5.92 Å². The second kappa shape index (κ2) is 21.5. The zero-order chi connectivity index (χ0) is 20.0. The average Bonchev–Trinajstić information content (AvgIpc) is 2.67. The summed E-state index contributed by atoms with van der Waals surface area (Å²) in [4.78, 5) is 0. The van der Waals surface area contributed by atoms with Gasteiger partial charge >= 0.3 is 0 Å². The van der Waals surface area contributed by atoms with Crippen LogP contribution in [0.1, 0.15) is 122 Å². The average molecular weight is 374 g/mol. The lowest BCUT2D eigenvalue weighted by atomic mass is 9.81. The van der Waals surface area contributed by atoms with Crippen molar-refractivity contribution in [3.63, 3.8) is 0 Å². The van der Waals surface area contributed by atoms with Crippen LogP contribution in [0.5, 0.6) is 0 Å². The van der Waals surface area contributed by atoms with Crippen LogP contribution in [0.2, 0.25) is 0 Å². The predicted molar refractivity (Wildman–Crippen MR) is 126 cm³/mol. The Bertz CT molecular complexity index is 317. The highest BCUT2D eigenvalue weighted by atomic mass is 14.2. The quantitative estimate of drug-likeness (QED) is 0.131. The summed E-state index contributed by atoms with van der Waals surface area (Å²) >= 11 is 0. The number of allylic oxidation sites excluding steroid dienone is 3. The molecule has 0 aliphatic carbocycles. The van der Waals surface area contributed by atoms with Crippen molar-refractivity contribution in [2.24, 2.45) is 5.92 Å². The summed E-state index contributed by atoms with van der Waals surface area (Å²) in [6, 6.07) is 0. The van der Waals surface area contributed by atoms with Gasteiger partial charge in [0.25, 0.3) is 0 Å². The Labute approximate surface area is 172 Å².